The molecule has 0 bridgehead atoms. The summed E-state index contributed by atoms with van der Waals surface area (Å²) in [5.74, 6) is 1.15. The first kappa shape index (κ1) is 7.32. The van der Waals surface area contributed by atoms with E-state index >= 15 is 0 Å². The number of ether oxygens (including phenoxy) is 1. The van der Waals surface area contributed by atoms with Crippen molar-refractivity contribution in [3.8, 4) is 0 Å². The summed E-state index contributed by atoms with van der Waals surface area (Å²) in [5, 5.41) is 0. The minimum atomic E-state index is 0.123. The monoisotopic (exact) mass is 140 g/mol. The normalized spacial score (nSPS) is 23.8. The summed E-state index contributed by atoms with van der Waals surface area (Å²) in [6.07, 6.45) is 3.59. The average molecular weight is 140 g/mol. The fraction of sp³-hybridized carbons (Fsp3) is 0.625. The van der Waals surface area contributed by atoms with Crippen molar-refractivity contribution in [1.82, 2.24) is 0 Å². The van der Waals surface area contributed by atoms with Crippen LogP contribution in [0.3, 0.4) is 0 Å². The number of rotatable bonds is 2. The van der Waals surface area contributed by atoms with Crippen LogP contribution in [0.4, 0.5) is 0 Å². The van der Waals surface area contributed by atoms with E-state index in [0.29, 0.717) is 6.42 Å². The summed E-state index contributed by atoms with van der Waals surface area (Å²) in [4.78, 5) is 10.6. The molecule has 1 unspecified atom stereocenters. The lowest BCUT2D eigenvalue weighted by molar-refractivity contribution is -0.118. The first-order chi connectivity index (χ1) is 4.68. The van der Waals surface area contributed by atoms with E-state index in [1.165, 1.54) is 0 Å². The van der Waals surface area contributed by atoms with Gasteiger partial charge in [0.15, 0.2) is 0 Å². The van der Waals surface area contributed by atoms with Crippen molar-refractivity contribution in [2.75, 3.05) is 0 Å². The van der Waals surface area contributed by atoms with E-state index in [0.717, 1.165) is 12.2 Å². The van der Waals surface area contributed by atoms with Crippen molar-refractivity contribution in [2.45, 2.75) is 32.8 Å². The van der Waals surface area contributed by atoms with Crippen LogP contribution in [-0.2, 0) is 9.53 Å². The van der Waals surface area contributed by atoms with E-state index in [1.807, 2.05) is 13.0 Å². The van der Waals surface area contributed by atoms with Crippen LogP contribution in [0, 0.1) is 0 Å². The third-order valence-electron chi connectivity index (χ3n) is 1.54. The first-order valence-electron chi connectivity index (χ1n) is 3.51. The molecule has 56 valence electrons. The van der Waals surface area contributed by atoms with Gasteiger partial charge in [-0.2, -0.15) is 0 Å². The summed E-state index contributed by atoms with van der Waals surface area (Å²) in [5.41, 5.74) is 0. The van der Waals surface area contributed by atoms with E-state index in [2.05, 4.69) is 0 Å². The zero-order valence-electron chi connectivity index (χ0n) is 6.39. The molecule has 0 saturated carbocycles. The Bertz CT molecular complexity index is 170. The predicted molar refractivity (Wildman–Crippen MR) is 38.5 cm³/mol. The molecule has 0 aromatic heterocycles. The van der Waals surface area contributed by atoms with Gasteiger partial charge in [0.05, 0.1) is 5.76 Å². The van der Waals surface area contributed by atoms with Gasteiger partial charge in [0, 0.05) is 12.8 Å². The second-order valence-corrected chi connectivity index (χ2v) is 2.70. The van der Waals surface area contributed by atoms with Gasteiger partial charge in [-0.25, -0.2) is 0 Å². The second-order valence-electron chi connectivity index (χ2n) is 2.70. The Morgan fingerprint density at radius 2 is 2.60 bits per heavy atom. The maximum atomic E-state index is 10.6. The van der Waals surface area contributed by atoms with Crippen LogP contribution in [0.25, 0.3) is 0 Å². The molecule has 1 aliphatic heterocycles. The van der Waals surface area contributed by atoms with Gasteiger partial charge in [-0.05, 0) is 19.9 Å². The summed E-state index contributed by atoms with van der Waals surface area (Å²) in [6.45, 7) is 3.51. The SMILES string of the molecule is CC(=O)CC1CC=C(C)O1. The van der Waals surface area contributed by atoms with Gasteiger partial charge in [-0.1, -0.05) is 0 Å². The van der Waals surface area contributed by atoms with E-state index in [-0.39, 0.29) is 11.9 Å². The molecule has 0 saturated heterocycles. The van der Waals surface area contributed by atoms with Crippen molar-refractivity contribution in [3.05, 3.63) is 11.8 Å². The molecular weight excluding hydrogens is 128 g/mol. The summed E-state index contributed by atoms with van der Waals surface area (Å²) in [7, 11) is 0. The smallest absolute Gasteiger partial charge is 0.133 e. The van der Waals surface area contributed by atoms with Gasteiger partial charge in [0.1, 0.15) is 11.9 Å². The molecule has 2 heteroatoms. The van der Waals surface area contributed by atoms with Gasteiger partial charge in [0.2, 0.25) is 0 Å². The number of carbonyl (C=O) groups excluding carboxylic acids is 1. The standard InChI is InChI=1S/C8H12O2/c1-6(9)5-8-4-3-7(2)10-8/h3,8H,4-5H2,1-2H3. The Morgan fingerprint density at radius 1 is 1.90 bits per heavy atom. The lowest BCUT2D eigenvalue weighted by Gasteiger charge is -2.08. The van der Waals surface area contributed by atoms with Crippen LogP contribution in [-0.4, -0.2) is 11.9 Å². The number of allylic oxidation sites excluding steroid dienone is 1. The molecule has 0 aromatic rings. The molecule has 0 spiro atoms. The molecule has 1 heterocycles. The average Bonchev–Trinajstić information content (AvgIpc) is 2.13. The van der Waals surface area contributed by atoms with Crippen molar-refractivity contribution in [3.63, 3.8) is 0 Å². The lowest BCUT2D eigenvalue weighted by Crippen LogP contribution is -2.10. The molecule has 1 atom stereocenters. The zero-order valence-corrected chi connectivity index (χ0v) is 6.39. The number of hydrogen-bond donors (Lipinski definition) is 0. The Labute approximate surface area is 60.9 Å². The Balaban J connectivity index is 2.29. The minimum Gasteiger partial charge on any atom is -0.495 e. The summed E-state index contributed by atoms with van der Waals surface area (Å²) >= 11 is 0. The van der Waals surface area contributed by atoms with E-state index in [4.69, 9.17) is 4.74 Å². The third-order valence-corrected chi connectivity index (χ3v) is 1.54. The third kappa shape index (κ3) is 1.87. The minimum absolute atomic E-state index is 0.123. The van der Waals surface area contributed by atoms with Crippen molar-refractivity contribution in [2.24, 2.45) is 0 Å². The maximum absolute atomic E-state index is 10.6. The second kappa shape index (κ2) is 2.86. The maximum Gasteiger partial charge on any atom is 0.133 e. The van der Waals surface area contributed by atoms with Crippen LogP contribution < -0.4 is 0 Å². The number of Topliss-reactive ketones (excluding diaryl/α,β-unsaturated/α-hetero) is 1. The highest BCUT2D eigenvalue weighted by atomic mass is 16.5. The fourth-order valence-electron chi connectivity index (χ4n) is 1.10. The van der Waals surface area contributed by atoms with Crippen molar-refractivity contribution >= 4 is 5.78 Å². The number of carbonyl (C=O) groups is 1. The highest BCUT2D eigenvalue weighted by molar-refractivity contribution is 5.76. The number of ketones is 1. The van der Waals surface area contributed by atoms with E-state index < -0.39 is 0 Å². The van der Waals surface area contributed by atoms with Crippen LogP contribution in [0.1, 0.15) is 26.7 Å². The van der Waals surface area contributed by atoms with Crippen LogP contribution >= 0.6 is 0 Å². The van der Waals surface area contributed by atoms with Gasteiger partial charge >= 0.3 is 0 Å². The topological polar surface area (TPSA) is 26.3 Å². The van der Waals surface area contributed by atoms with E-state index in [1.54, 1.807) is 6.92 Å². The number of hydrogen-bond acceptors (Lipinski definition) is 2. The Morgan fingerprint density at radius 3 is 3.00 bits per heavy atom. The van der Waals surface area contributed by atoms with E-state index in [9.17, 15) is 4.79 Å². The molecule has 0 aromatic carbocycles. The fourth-order valence-corrected chi connectivity index (χ4v) is 1.10. The molecule has 2 nitrogen and oxygen atoms in total. The zero-order chi connectivity index (χ0) is 7.56. The van der Waals surface area contributed by atoms with Crippen molar-refractivity contribution in [1.29, 1.82) is 0 Å². The van der Waals surface area contributed by atoms with Crippen LogP contribution in [0.5, 0.6) is 0 Å². The van der Waals surface area contributed by atoms with Gasteiger partial charge in [0.25, 0.3) is 0 Å². The Hall–Kier alpha value is -0.790. The molecule has 0 radical (unpaired) electrons. The molecule has 0 fully saturated rings. The highest BCUT2D eigenvalue weighted by Crippen LogP contribution is 2.18. The van der Waals surface area contributed by atoms with Crippen LogP contribution in [0.15, 0.2) is 11.8 Å². The molecular formula is C8H12O2. The van der Waals surface area contributed by atoms with Gasteiger partial charge in [-0.15, -0.1) is 0 Å². The lowest BCUT2D eigenvalue weighted by atomic mass is 10.1. The first-order valence-corrected chi connectivity index (χ1v) is 3.51. The largest absolute Gasteiger partial charge is 0.495 e. The van der Waals surface area contributed by atoms with Crippen LogP contribution in [0.2, 0.25) is 0 Å². The predicted octanol–water partition coefficient (Wildman–Crippen LogP) is 1.66. The van der Waals surface area contributed by atoms with Gasteiger partial charge in [-0.3, -0.25) is 4.79 Å². The molecule has 0 aliphatic carbocycles. The molecule has 0 N–H and O–H groups in total. The highest BCUT2D eigenvalue weighted by Gasteiger charge is 2.16. The molecule has 1 aliphatic rings. The summed E-state index contributed by atoms with van der Waals surface area (Å²) < 4.78 is 5.31. The van der Waals surface area contributed by atoms with Gasteiger partial charge < -0.3 is 4.74 Å². The Kier molecular flexibility index (Phi) is 2.10. The quantitative estimate of drug-likeness (QED) is 0.583. The molecule has 10 heavy (non-hydrogen) atoms. The van der Waals surface area contributed by atoms with Crippen molar-refractivity contribution < 1.29 is 9.53 Å². The summed E-state index contributed by atoms with van der Waals surface area (Å²) in [6, 6.07) is 0. The molecule has 1 rings (SSSR count). The molecule has 0 amide bonds.